The number of carbonyl (C=O) groups is 1. The third-order valence-electron chi connectivity index (χ3n) is 2.65. The average Bonchev–Trinajstić information content (AvgIpc) is 3.01. The van der Waals surface area contributed by atoms with Crippen molar-refractivity contribution in [2.45, 2.75) is 0 Å². The lowest BCUT2D eigenvalue weighted by Crippen LogP contribution is -2.19. The third kappa shape index (κ3) is 2.26. The summed E-state index contributed by atoms with van der Waals surface area (Å²) in [4.78, 5) is 31.6. The predicted octanol–water partition coefficient (Wildman–Crippen LogP) is 1.69. The summed E-state index contributed by atoms with van der Waals surface area (Å²) >= 11 is 6.02. The first-order valence-corrected chi connectivity index (χ1v) is 6.51. The van der Waals surface area contributed by atoms with Crippen LogP contribution in [0.15, 0.2) is 29.6 Å². The smallest absolute Gasteiger partial charge is 0.343 e. The van der Waals surface area contributed by atoms with Gasteiger partial charge in [-0.25, -0.2) is 19.2 Å². The first-order valence-electron chi connectivity index (χ1n) is 5.42. The zero-order valence-electron chi connectivity index (χ0n) is 9.99. The molecule has 0 amide bonds. The van der Waals surface area contributed by atoms with Gasteiger partial charge >= 0.3 is 5.97 Å². The molecule has 3 aromatic heterocycles. The second-order valence-electron chi connectivity index (χ2n) is 3.86. The molecule has 0 saturated heterocycles. The van der Waals surface area contributed by atoms with Gasteiger partial charge in [-0.15, -0.1) is 0 Å². The van der Waals surface area contributed by atoms with Gasteiger partial charge in [-0.2, -0.15) is 4.37 Å². The monoisotopic (exact) mass is 326 g/mol. The SMILES string of the molecule is O=C(OCl)c1cn(-c2ncns2)c2ncc(F)cc2c1=O. The molecule has 21 heavy (non-hydrogen) atoms. The second kappa shape index (κ2) is 5.19. The van der Waals surface area contributed by atoms with Gasteiger partial charge in [0.05, 0.1) is 11.6 Å². The molecule has 0 fully saturated rings. The summed E-state index contributed by atoms with van der Waals surface area (Å²) < 4.78 is 22.5. The zero-order valence-corrected chi connectivity index (χ0v) is 11.6. The molecular formula is C11H4ClFN4O3S. The van der Waals surface area contributed by atoms with Crippen LogP contribution in [0.5, 0.6) is 0 Å². The largest absolute Gasteiger partial charge is 0.361 e. The number of carbonyl (C=O) groups excluding carboxylic acids is 1. The molecule has 0 aromatic carbocycles. The van der Waals surface area contributed by atoms with E-state index in [0.717, 1.165) is 23.8 Å². The van der Waals surface area contributed by atoms with Gasteiger partial charge in [0.15, 0.2) is 0 Å². The van der Waals surface area contributed by atoms with E-state index in [1.165, 1.54) is 17.1 Å². The fourth-order valence-electron chi connectivity index (χ4n) is 1.79. The Morgan fingerprint density at radius 1 is 1.43 bits per heavy atom. The molecule has 10 heteroatoms. The first kappa shape index (κ1) is 13.6. The normalized spacial score (nSPS) is 10.8. The van der Waals surface area contributed by atoms with Crippen LogP contribution in [0.1, 0.15) is 10.4 Å². The molecule has 0 spiro atoms. The molecule has 0 unspecified atom stereocenters. The summed E-state index contributed by atoms with van der Waals surface area (Å²) in [5, 5.41) is 0.257. The molecular weight excluding hydrogens is 323 g/mol. The Hall–Kier alpha value is -2.39. The molecule has 0 aliphatic heterocycles. The lowest BCUT2D eigenvalue weighted by atomic mass is 10.2. The summed E-state index contributed by atoms with van der Waals surface area (Å²) in [6.07, 6.45) is 3.44. The minimum atomic E-state index is -1.05. The zero-order chi connectivity index (χ0) is 15.0. The number of halogens is 2. The molecule has 7 nitrogen and oxygen atoms in total. The quantitative estimate of drug-likeness (QED) is 0.712. The van der Waals surface area contributed by atoms with Crippen molar-refractivity contribution in [3.63, 3.8) is 0 Å². The number of pyridine rings is 2. The van der Waals surface area contributed by atoms with Crippen LogP contribution in [0.25, 0.3) is 16.2 Å². The van der Waals surface area contributed by atoms with Crippen LogP contribution in [0, 0.1) is 5.82 Å². The minimum absolute atomic E-state index is 0.0928. The maximum absolute atomic E-state index is 13.3. The Labute approximate surface area is 124 Å². The number of aromatic nitrogens is 4. The maximum atomic E-state index is 13.3. The van der Waals surface area contributed by atoms with Gasteiger partial charge in [-0.05, 0) is 6.07 Å². The van der Waals surface area contributed by atoms with E-state index in [4.69, 9.17) is 11.9 Å². The van der Waals surface area contributed by atoms with E-state index in [-0.39, 0.29) is 16.6 Å². The third-order valence-corrected chi connectivity index (χ3v) is 3.46. The Balaban J connectivity index is 2.44. The van der Waals surface area contributed by atoms with Crippen molar-refractivity contribution in [2.24, 2.45) is 0 Å². The number of rotatable bonds is 2. The minimum Gasteiger partial charge on any atom is -0.343 e. The second-order valence-corrected chi connectivity index (χ2v) is 4.77. The van der Waals surface area contributed by atoms with E-state index in [9.17, 15) is 14.0 Å². The van der Waals surface area contributed by atoms with Crippen molar-refractivity contribution in [1.82, 2.24) is 18.9 Å². The summed E-state index contributed by atoms with van der Waals surface area (Å²) in [5.74, 6) is -1.76. The molecule has 106 valence electrons. The van der Waals surface area contributed by atoms with Crippen LogP contribution in [-0.2, 0) is 4.29 Å². The van der Waals surface area contributed by atoms with Gasteiger partial charge in [0, 0.05) is 17.7 Å². The molecule has 0 saturated carbocycles. The Kier molecular flexibility index (Phi) is 3.35. The molecule has 0 aliphatic carbocycles. The van der Waals surface area contributed by atoms with Gasteiger partial charge < -0.3 is 4.29 Å². The van der Waals surface area contributed by atoms with Crippen LogP contribution in [0.2, 0.25) is 0 Å². The molecule has 0 aliphatic rings. The number of nitrogens with zero attached hydrogens (tertiary/aromatic N) is 4. The highest BCUT2D eigenvalue weighted by atomic mass is 35.5. The highest BCUT2D eigenvalue weighted by Crippen LogP contribution is 2.17. The Bertz CT molecular complexity index is 896. The van der Waals surface area contributed by atoms with Crippen molar-refractivity contribution >= 4 is 40.4 Å². The summed E-state index contributed by atoms with van der Waals surface area (Å²) in [6, 6.07) is 0.979. The molecule has 0 bridgehead atoms. The van der Waals surface area contributed by atoms with Crippen molar-refractivity contribution in [3.05, 3.63) is 46.4 Å². The summed E-state index contributed by atoms with van der Waals surface area (Å²) in [7, 11) is 0. The average molecular weight is 327 g/mol. The van der Waals surface area contributed by atoms with E-state index in [2.05, 4.69) is 18.6 Å². The Morgan fingerprint density at radius 2 is 2.24 bits per heavy atom. The molecule has 3 rings (SSSR count). The summed E-state index contributed by atoms with van der Waals surface area (Å²) in [6.45, 7) is 0. The maximum Gasteiger partial charge on any atom is 0.361 e. The Morgan fingerprint density at radius 3 is 2.90 bits per heavy atom. The van der Waals surface area contributed by atoms with Gasteiger partial charge in [0.1, 0.15) is 35.2 Å². The molecule has 0 N–H and O–H groups in total. The number of hydrogen-bond acceptors (Lipinski definition) is 7. The van der Waals surface area contributed by atoms with Crippen LogP contribution in [0.3, 0.4) is 0 Å². The lowest BCUT2D eigenvalue weighted by Gasteiger charge is -2.08. The van der Waals surface area contributed by atoms with E-state index in [1.807, 2.05) is 0 Å². The fourth-order valence-corrected chi connectivity index (χ4v) is 2.38. The van der Waals surface area contributed by atoms with Gasteiger partial charge in [0.2, 0.25) is 10.6 Å². The molecule has 0 radical (unpaired) electrons. The number of fused-ring (bicyclic) bond motifs is 1. The standard InChI is InChI=1S/C11H4ClFN4O3S/c12-20-10(19)7-3-17(11-15-4-16-21-11)9-6(8(7)18)1-5(13)2-14-9/h1-4H. The summed E-state index contributed by atoms with van der Waals surface area (Å²) in [5.41, 5.74) is -0.951. The van der Waals surface area contributed by atoms with Gasteiger partial charge in [0.25, 0.3) is 0 Å². The molecule has 0 atom stereocenters. The van der Waals surface area contributed by atoms with E-state index in [0.29, 0.717) is 5.13 Å². The fraction of sp³-hybridized carbons (Fsp3) is 0. The van der Waals surface area contributed by atoms with Crippen molar-refractivity contribution in [2.75, 3.05) is 0 Å². The van der Waals surface area contributed by atoms with Crippen LogP contribution in [-0.4, -0.2) is 24.9 Å². The van der Waals surface area contributed by atoms with E-state index < -0.39 is 17.2 Å². The van der Waals surface area contributed by atoms with Crippen molar-refractivity contribution < 1.29 is 13.5 Å². The van der Waals surface area contributed by atoms with E-state index >= 15 is 0 Å². The van der Waals surface area contributed by atoms with Gasteiger partial charge in [-0.1, -0.05) is 0 Å². The predicted molar refractivity (Wildman–Crippen MR) is 72.0 cm³/mol. The van der Waals surface area contributed by atoms with Crippen molar-refractivity contribution in [3.8, 4) is 5.13 Å². The highest BCUT2D eigenvalue weighted by molar-refractivity contribution is 7.08. The van der Waals surface area contributed by atoms with Crippen molar-refractivity contribution in [1.29, 1.82) is 0 Å². The van der Waals surface area contributed by atoms with E-state index in [1.54, 1.807) is 0 Å². The van der Waals surface area contributed by atoms with Crippen LogP contribution >= 0.6 is 23.4 Å². The van der Waals surface area contributed by atoms with Crippen LogP contribution in [0.4, 0.5) is 4.39 Å². The number of hydrogen-bond donors (Lipinski definition) is 0. The topological polar surface area (TPSA) is 87.0 Å². The lowest BCUT2D eigenvalue weighted by molar-refractivity contribution is 0.0749. The molecule has 3 heterocycles. The van der Waals surface area contributed by atoms with Gasteiger partial charge in [-0.3, -0.25) is 9.36 Å². The highest BCUT2D eigenvalue weighted by Gasteiger charge is 2.19. The first-order chi connectivity index (χ1) is 10.1. The molecule has 3 aromatic rings. The van der Waals surface area contributed by atoms with Crippen LogP contribution < -0.4 is 5.43 Å².